The molecule has 13 heteroatoms. The quantitative estimate of drug-likeness (QED) is 0.115. The van der Waals surface area contributed by atoms with Gasteiger partial charge in [-0.3, -0.25) is 14.4 Å². The second-order valence-corrected chi connectivity index (χ2v) is 15.3. The fourth-order valence-electron chi connectivity index (χ4n) is 5.24. The van der Waals surface area contributed by atoms with Crippen LogP contribution < -0.4 is 20.9 Å². The highest BCUT2D eigenvalue weighted by Crippen LogP contribution is 2.37. The zero-order valence-corrected chi connectivity index (χ0v) is 31.2. The largest absolute Gasteiger partial charge is 0.444 e. The van der Waals surface area contributed by atoms with Crippen molar-refractivity contribution in [2.75, 3.05) is 41.9 Å². The van der Waals surface area contributed by atoms with E-state index in [1.165, 1.54) is 23.1 Å². The number of benzene rings is 3. The van der Waals surface area contributed by atoms with Gasteiger partial charge in [0.25, 0.3) is 11.8 Å². The minimum Gasteiger partial charge on any atom is -0.444 e. The van der Waals surface area contributed by atoms with E-state index in [0.717, 1.165) is 26.6 Å². The van der Waals surface area contributed by atoms with Gasteiger partial charge in [0.15, 0.2) is 0 Å². The molecule has 0 aliphatic carbocycles. The number of nitrogens with one attached hydrogen (secondary N) is 3. The molecule has 4 amide bonds. The van der Waals surface area contributed by atoms with Gasteiger partial charge in [-0.15, -0.1) is 23.1 Å². The smallest absolute Gasteiger partial charge is 0.410 e. The van der Waals surface area contributed by atoms with Gasteiger partial charge in [0.2, 0.25) is 5.91 Å². The van der Waals surface area contributed by atoms with Gasteiger partial charge in [0.05, 0.1) is 17.9 Å². The lowest BCUT2D eigenvalue weighted by molar-refractivity contribution is -0.114. The molecule has 4 aromatic rings. The third kappa shape index (κ3) is 10.0. The SMILES string of the molecule is CN(C)c1ccc(/C=C(/NC(=O)c2ccccc2)C(=O)Nc2cccc(SCC(=O)Nc3sc4c(c3C#N)CCN(C(=O)OC(C)(C)C)C4)c2)cc1. The molecule has 3 N–H and O–H groups in total. The summed E-state index contributed by atoms with van der Waals surface area (Å²) in [6, 6.07) is 25.5. The summed E-state index contributed by atoms with van der Waals surface area (Å²) in [5.74, 6) is -1.19. The number of amides is 4. The number of anilines is 3. The van der Waals surface area contributed by atoms with Crippen molar-refractivity contribution in [3.05, 3.63) is 112 Å². The molecule has 1 aromatic heterocycles. The summed E-state index contributed by atoms with van der Waals surface area (Å²) in [4.78, 5) is 57.5. The number of thiophene rings is 1. The lowest BCUT2D eigenvalue weighted by Gasteiger charge is -2.29. The number of rotatable bonds is 10. The molecule has 0 atom stereocenters. The number of hydrogen-bond donors (Lipinski definition) is 3. The molecular weight excluding hydrogens is 697 g/mol. The summed E-state index contributed by atoms with van der Waals surface area (Å²) < 4.78 is 5.51. The molecule has 5 rings (SSSR count). The first-order valence-corrected chi connectivity index (χ1v) is 18.3. The van der Waals surface area contributed by atoms with Crippen LogP contribution in [0.1, 0.15) is 52.7 Å². The lowest BCUT2D eigenvalue weighted by Crippen LogP contribution is -2.39. The Morgan fingerprint density at radius 2 is 1.73 bits per heavy atom. The van der Waals surface area contributed by atoms with Gasteiger partial charge in [-0.25, -0.2) is 4.79 Å². The molecule has 52 heavy (non-hydrogen) atoms. The van der Waals surface area contributed by atoms with Crippen molar-refractivity contribution in [3.63, 3.8) is 0 Å². The fourth-order valence-corrected chi connectivity index (χ4v) is 7.23. The van der Waals surface area contributed by atoms with Crippen LogP contribution >= 0.6 is 23.1 Å². The molecule has 0 bridgehead atoms. The zero-order valence-electron chi connectivity index (χ0n) is 29.6. The van der Waals surface area contributed by atoms with E-state index >= 15 is 0 Å². The monoisotopic (exact) mass is 736 g/mol. The lowest BCUT2D eigenvalue weighted by atomic mass is 10.0. The Morgan fingerprint density at radius 3 is 2.40 bits per heavy atom. The van der Waals surface area contributed by atoms with E-state index in [-0.39, 0.29) is 17.4 Å². The number of carbonyl (C=O) groups excluding carboxylic acids is 4. The summed E-state index contributed by atoms with van der Waals surface area (Å²) in [6.45, 7) is 6.17. The van der Waals surface area contributed by atoms with Gasteiger partial charge in [-0.2, -0.15) is 5.26 Å². The third-order valence-electron chi connectivity index (χ3n) is 7.78. The van der Waals surface area contributed by atoms with E-state index in [0.29, 0.717) is 41.3 Å². The molecule has 0 saturated heterocycles. The van der Waals surface area contributed by atoms with Crippen molar-refractivity contribution in [3.8, 4) is 6.07 Å². The summed E-state index contributed by atoms with van der Waals surface area (Å²) in [6.07, 6.45) is 1.70. The van der Waals surface area contributed by atoms with Crippen molar-refractivity contribution < 1.29 is 23.9 Å². The van der Waals surface area contributed by atoms with Crippen LogP contribution in [0.3, 0.4) is 0 Å². The summed E-state index contributed by atoms with van der Waals surface area (Å²) in [5, 5.41) is 18.9. The second-order valence-electron chi connectivity index (χ2n) is 13.2. The van der Waals surface area contributed by atoms with Gasteiger partial charge in [0, 0.05) is 47.4 Å². The highest BCUT2D eigenvalue weighted by Gasteiger charge is 2.30. The molecular formula is C39H40N6O5S2. The molecule has 1 aliphatic rings. The Hall–Kier alpha value is -5.58. The minimum atomic E-state index is -0.619. The number of ether oxygens (including phenoxy) is 1. The van der Waals surface area contributed by atoms with Crippen LogP contribution in [0.4, 0.5) is 21.2 Å². The van der Waals surface area contributed by atoms with Crippen LogP contribution in [0.25, 0.3) is 6.08 Å². The standard InChI is InChI=1S/C39H40N6O5S2/c1-39(2,3)50-38(49)45-19-18-30-31(22-40)37(52-33(30)23-45)43-34(46)24-51-29-13-9-12-27(21-29)41-36(48)32(42-35(47)26-10-7-6-8-11-26)20-25-14-16-28(17-15-25)44(4)5/h6-17,20-21H,18-19,23-24H2,1-5H3,(H,41,48)(H,42,47)(H,43,46)/b32-20+. The Morgan fingerprint density at radius 1 is 1.00 bits per heavy atom. The number of nitriles is 1. The van der Waals surface area contributed by atoms with E-state index in [1.807, 2.05) is 76.2 Å². The van der Waals surface area contributed by atoms with E-state index in [9.17, 15) is 24.4 Å². The molecule has 0 unspecified atom stereocenters. The predicted octanol–water partition coefficient (Wildman–Crippen LogP) is 7.12. The number of fused-ring (bicyclic) bond motifs is 1. The Labute approximate surface area is 311 Å². The van der Waals surface area contributed by atoms with Gasteiger partial charge in [0.1, 0.15) is 22.4 Å². The Balaban J connectivity index is 1.24. The van der Waals surface area contributed by atoms with Crippen LogP contribution in [0, 0.1) is 11.3 Å². The third-order valence-corrected chi connectivity index (χ3v) is 9.91. The van der Waals surface area contributed by atoms with E-state index in [1.54, 1.807) is 53.4 Å². The maximum absolute atomic E-state index is 13.6. The van der Waals surface area contributed by atoms with Gasteiger partial charge >= 0.3 is 6.09 Å². The van der Waals surface area contributed by atoms with Gasteiger partial charge in [-0.1, -0.05) is 36.4 Å². The molecule has 0 fully saturated rings. The van der Waals surface area contributed by atoms with Crippen LogP contribution in [-0.2, 0) is 27.3 Å². The van der Waals surface area contributed by atoms with E-state index in [2.05, 4.69) is 22.0 Å². The van der Waals surface area contributed by atoms with Crippen LogP contribution in [0.2, 0.25) is 0 Å². The highest BCUT2D eigenvalue weighted by molar-refractivity contribution is 8.00. The maximum atomic E-state index is 13.6. The fraction of sp³-hybridized carbons (Fsp3) is 0.256. The molecule has 268 valence electrons. The highest BCUT2D eigenvalue weighted by atomic mass is 32.2. The second kappa shape index (κ2) is 16.6. The number of carbonyl (C=O) groups is 4. The molecule has 11 nitrogen and oxygen atoms in total. The molecule has 0 radical (unpaired) electrons. The zero-order chi connectivity index (χ0) is 37.4. The summed E-state index contributed by atoms with van der Waals surface area (Å²) in [5.41, 5.74) is 3.31. The molecule has 0 spiro atoms. The van der Waals surface area contributed by atoms with Gasteiger partial charge < -0.3 is 30.5 Å². The predicted molar refractivity (Wildman–Crippen MR) is 206 cm³/mol. The minimum absolute atomic E-state index is 0.0517. The first-order chi connectivity index (χ1) is 24.8. The van der Waals surface area contributed by atoms with Gasteiger partial charge in [-0.05, 0) is 86.9 Å². The van der Waals surface area contributed by atoms with E-state index in [4.69, 9.17) is 4.74 Å². The number of hydrogen-bond acceptors (Lipinski definition) is 9. The van der Waals surface area contributed by atoms with Crippen molar-refractivity contribution >= 4 is 69.4 Å². The van der Waals surface area contributed by atoms with E-state index < -0.39 is 23.5 Å². The van der Waals surface area contributed by atoms with Crippen LogP contribution in [0.15, 0.2) is 89.5 Å². The Kier molecular flexibility index (Phi) is 12.0. The molecule has 1 aliphatic heterocycles. The number of nitrogens with zero attached hydrogens (tertiary/aromatic N) is 3. The van der Waals surface area contributed by atoms with Crippen LogP contribution in [-0.4, -0.2) is 60.7 Å². The number of thioether (sulfide) groups is 1. The first kappa shape index (κ1) is 37.7. The Bertz CT molecular complexity index is 2030. The summed E-state index contributed by atoms with van der Waals surface area (Å²) >= 11 is 2.56. The average Bonchev–Trinajstić information content (AvgIpc) is 3.46. The van der Waals surface area contributed by atoms with Crippen molar-refractivity contribution in [1.29, 1.82) is 5.26 Å². The first-order valence-electron chi connectivity index (χ1n) is 16.5. The normalized spacial score (nSPS) is 12.6. The van der Waals surface area contributed by atoms with Crippen LogP contribution in [0.5, 0.6) is 0 Å². The topological polar surface area (TPSA) is 144 Å². The van der Waals surface area contributed by atoms with Crippen molar-refractivity contribution in [2.24, 2.45) is 0 Å². The molecule has 3 aromatic carbocycles. The average molecular weight is 737 g/mol. The maximum Gasteiger partial charge on any atom is 0.410 e. The van der Waals surface area contributed by atoms with Crippen molar-refractivity contribution in [2.45, 2.75) is 44.2 Å². The van der Waals surface area contributed by atoms with Crippen molar-refractivity contribution in [1.82, 2.24) is 10.2 Å². The molecule has 2 heterocycles. The molecule has 0 saturated carbocycles. The summed E-state index contributed by atoms with van der Waals surface area (Å²) in [7, 11) is 3.87.